The number of aliphatic hydroxyl groups is 1. The molecule has 122 valence electrons. The van der Waals surface area contributed by atoms with Crippen LogP contribution in [0.15, 0.2) is 60.9 Å². The maximum Gasteiger partial charge on any atom is 0.201 e. The first kappa shape index (κ1) is 24.6. The van der Waals surface area contributed by atoms with E-state index in [2.05, 4.69) is 24.7 Å². The first-order valence-corrected chi connectivity index (χ1v) is 6.46. The Balaban J connectivity index is -0.000000463. The van der Waals surface area contributed by atoms with Crippen molar-refractivity contribution < 1.29 is 9.90 Å². The number of allylic oxidation sites excluding steroid dienone is 1. The van der Waals surface area contributed by atoms with Gasteiger partial charge in [0.2, 0.25) is 5.78 Å². The Labute approximate surface area is 132 Å². The van der Waals surface area contributed by atoms with Gasteiger partial charge in [-0.2, -0.15) is 0 Å². The van der Waals surface area contributed by atoms with Crippen LogP contribution < -0.4 is 5.43 Å². The number of aromatic amines is 1. The molecular weight excluding hydrogens is 278 g/mol. The molecule has 22 heavy (non-hydrogen) atoms. The number of aromatic nitrogens is 1. The normalized spacial score (nSPS) is 7.64. The standard InChI is InChI=1S/C12H9NO2.C2H6.C2H4.CH4O.CH4/c1-2-11(14)10-7-12(15)8-5-3-4-6-9(8)13-10;3*1-2;/h2-7H,1H2,(H,13,15);1-2H3;1-2H2;2H,1H3;1H4. The van der Waals surface area contributed by atoms with Gasteiger partial charge in [-0.1, -0.05) is 40.0 Å². The molecule has 0 amide bonds. The molecule has 0 aliphatic carbocycles. The fraction of sp³-hybridized carbons (Fsp3) is 0.222. The minimum Gasteiger partial charge on any atom is -0.400 e. The Kier molecular flexibility index (Phi) is 16.7. The van der Waals surface area contributed by atoms with Gasteiger partial charge in [-0.05, 0) is 18.2 Å². The quantitative estimate of drug-likeness (QED) is 0.501. The molecule has 0 fully saturated rings. The number of hydrogen-bond donors (Lipinski definition) is 2. The summed E-state index contributed by atoms with van der Waals surface area (Å²) in [7, 11) is 1.00. The van der Waals surface area contributed by atoms with Crippen molar-refractivity contribution in [1.82, 2.24) is 4.98 Å². The predicted molar refractivity (Wildman–Crippen MR) is 96.6 cm³/mol. The molecule has 0 unspecified atom stereocenters. The molecule has 0 radical (unpaired) electrons. The molecule has 4 nitrogen and oxygen atoms in total. The van der Waals surface area contributed by atoms with Gasteiger partial charge in [-0.3, -0.25) is 9.59 Å². The highest BCUT2D eigenvalue weighted by Gasteiger charge is 2.05. The lowest BCUT2D eigenvalue weighted by Gasteiger charge is -2.00. The Morgan fingerprint density at radius 1 is 1.18 bits per heavy atom. The number of pyridine rings is 1. The average Bonchev–Trinajstić information content (AvgIpc) is 2.59. The van der Waals surface area contributed by atoms with Crippen LogP contribution in [-0.2, 0) is 0 Å². The van der Waals surface area contributed by atoms with Crippen LogP contribution in [-0.4, -0.2) is 23.0 Å². The Bertz CT molecular complexity index is 615. The summed E-state index contributed by atoms with van der Waals surface area (Å²) in [5.41, 5.74) is 0.776. The van der Waals surface area contributed by atoms with E-state index in [-0.39, 0.29) is 24.3 Å². The van der Waals surface area contributed by atoms with E-state index in [1.54, 1.807) is 24.3 Å². The maximum atomic E-state index is 11.6. The third kappa shape index (κ3) is 6.81. The zero-order chi connectivity index (χ0) is 16.8. The molecule has 1 heterocycles. The summed E-state index contributed by atoms with van der Waals surface area (Å²) in [6.45, 7) is 13.4. The molecule has 0 aliphatic heterocycles. The Morgan fingerprint density at radius 2 is 1.68 bits per heavy atom. The van der Waals surface area contributed by atoms with Gasteiger partial charge >= 0.3 is 0 Å². The van der Waals surface area contributed by atoms with Crippen LogP contribution in [0.25, 0.3) is 10.9 Å². The van der Waals surface area contributed by atoms with Gasteiger partial charge in [0, 0.05) is 24.1 Å². The summed E-state index contributed by atoms with van der Waals surface area (Å²) in [5.74, 6) is -0.280. The molecule has 0 aliphatic rings. The van der Waals surface area contributed by atoms with Crippen LogP contribution in [0.5, 0.6) is 0 Å². The third-order valence-corrected chi connectivity index (χ3v) is 2.19. The number of ketones is 1. The second kappa shape index (κ2) is 14.9. The van der Waals surface area contributed by atoms with Gasteiger partial charge in [0.15, 0.2) is 5.43 Å². The third-order valence-electron chi connectivity index (χ3n) is 2.19. The minimum absolute atomic E-state index is 0. The van der Waals surface area contributed by atoms with E-state index in [4.69, 9.17) is 5.11 Å². The predicted octanol–water partition coefficient (Wildman–Crippen LogP) is 3.97. The lowest BCUT2D eigenvalue weighted by atomic mass is 10.1. The molecule has 0 atom stereocenters. The zero-order valence-corrected chi connectivity index (χ0v) is 12.8. The highest BCUT2D eigenvalue weighted by atomic mass is 16.2. The number of rotatable bonds is 2. The second-order valence-electron chi connectivity index (χ2n) is 3.16. The smallest absolute Gasteiger partial charge is 0.201 e. The first-order chi connectivity index (χ1) is 10.2. The van der Waals surface area contributed by atoms with E-state index in [0.717, 1.165) is 7.11 Å². The van der Waals surface area contributed by atoms with E-state index >= 15 is 0 Å². The number of aliphatic hydroxyl groups excluding tert-OH is 1. The van der Waals surface area contributed by atoms with Crippen molar-refractivity contribution in [1.29, 1.82) is 0 Å². The average molecular weight is 305 g/mol. The Hall–Kier alpha value is -2.46. The number of hydrogen-bond acceptors (Lipinski definition) is 3. The van der Waals surface area contributed by atoms with Gasteiger partial charge in [0.05, 0.1) is 5.69 Å². The van der Waals surface area contributed by atoms with Crippen molar-refractivity contribution in [2.24, 2.45) is 0 Å². The summed E-state index contributed by atoms with van der Waals surface area (Å²) in [5, 5.41) is 7.58. The van der Waals surface area contributed by atoms with Crippen molar-refractivity contribution in [2.75, 3.05) is 7.11 Å². The fourth-order valence-corrected chi connectivity index (χ4v) is 1.44. The fourth-order valence-electron chi connectivity index (χ4n) is 1.44. The molecule has 0 saturated heterocycles. The summed E-state index contributed by atoms with van der Waals surface area (Å²) >= 11 is 0. The zero-order valence-electron chi connectivity index (χ0n) is 12.8. The topological polar surface area (TPSA) is 70.2 Å². The second-order valence-corrected chi connectivity index (χ2v) is 3.16. The molecule has 4 heteroatoms. The Morgan fingerprint density at radius 3 is 2.18 bits per heavy atom. The maximum absolute atomic E-state index is 11.6. The largest absolute Gasteiger partial charge is 0.400 e. The molecule has 0 bridgehead atoms. The minimum atomic E-state index is -0.280. The van der Waals surface area contributed by atoms with Crippen molar-refractivity contribution >= 4 is 16.7 Å². The van der Waals surface area contributed by atoms with Gasteiger partial charge in [-0.25, -0.2) is 0 Å². The van der Waals surface area contributed by atoms with Crippen LogP contribution >= 0.6 is 0 Å². The molecule has 1 aromatic carbocycles. The van der Waals surface area contributed by atoms with Crippen LogP contribution in [0, 0.1) is 0 Å². The molecular formula is C18H27NO3. The number of carbonyl (C=O) groups is 1. The van der Waals surface area contributed by atoms with E-state index in [1.165, 1.54) is 12.1 Å². The summed E-state index contributed by atoms with van der Waals surface area (Å²) in [6.07, 6.45) is 1.18. The number of nitrogens with one attached hydrogen (secondary N) is 1. The highest BCUT2D eigenvalue weighted by molar-refractivity contribution is 6.03. The number of benzene rings is 1. The lowest BCUT2D eigenvalue weighted by Crippen LogP contribution is -2.08. The molecule has 0 spiro atoms. The van der Waals surface area contributed by atoms with Crippen molar-refractivity contribution in [2.45, 2.75) is 21.3 Å². The molecule has 2 N–H and O–H groups in total. The van der Waals surface area contributed by atoms with Crippen LogP contribution in [0.4, 0.5) is 0 Å². The van der Waals surface area contributed by atoms with Crippen molar-refractivity contribution in [3.63, 3.8) is 0 Å². The van der Waals surface area contributed by atoms with Gasteiger partial charge in [0.1, 0.15) is 0 Å². The van der Waals surface area contributed by atoms with Gasteiger partial charge < -0.3 is 10.1 Å². The van der Waals surface area contributed by atoms with E-state index in [9.17, 15) is 9.59 Å². The number of fused-ring (bicyclic) bond motifs is 1. The number of H-pyrrole nitrogens is 1. The first-order valence-electron chi connectivity index (χ1n) is 6.46. The van der Waals surface area contributed by atoms with Crippen molar-refractivity contribution in [3.05, 3.63) is 72.1 Å². The van der Waals surface area contributed by atoms with Crippen LogP contribution in [0.2, 0.25) is 0 Å². The SMILES string of the molecule is C.C=C.C=CC(=O)c1cc(=O)c2ccccc2[nH]1.CC.CO. The summed E-state index contributed by atoms with van der Waals surface area (Å²) < 4.78 is 0. The molecule has 2 rings (SSSR count). The van der Waals surface area contributed by atoms with E-state index in [0.29, 0.717) is 10.9 Å². The highest BCUT2D eigenvalue weighted by Crippen LogP contribution is 2.07. The summed E-state index contributed by atoms with van der Waals surface area (Å²) in [4.78, 5) is 25.8. The van der Waals surface area contributed by atoms with Gasteiger partial charge in [-0.15, -0.1) is 13.2 Å². The molecule has 1 aromatic heterocycles. The molecule has 2 aromatic rings. The van der Waals surface area contributed by atoms with Crippen LogP contribution in [0.1, 0.15) is 31.8 Å². The number of para-hydroxylation sites is 1. The van der Waals surface area contributed by atoms with E-state index in [1.807, 2.05) is 13.8 Å². The summed E-state index contributed by atoms with van der Waals surface area (Å²) in [6, 6.07) is 8.37. The monoisotopic (exact) mass is 305 g/mol. The van der Waals surface area contributed by atoms with Crippen LogP contribution in [0.3, 0.4) is 0 Å². The van der Waals surface area contributed by atoms with Gasteiger partial charge in [0.25, 0.3) is 0 Å². The molecule has 0 saturated carbocycles. The lowest BCUT2D eigenvalue weighted by molar-refractivity contribution is 0.104. The van der Waals surface area contributed by atoms with E-state index < -0.39 is 0 Å². The van der Waals surface area contributed by atoms with Crippen molar-refractivity contribution in [3.8, 4) is 0 Å². The number of carbonyl (C=O) groups excluding carboxylic acids is 1.